The maximum Gasteiger partial charge on any atom is 0.136 e. The highest BCUT2D eigenvalue weighted by molar-refractivity contribution is 7.71. The first-order valence-corrected chi connectivity index (χ1v) is 6.36. The van der Waals surface area contributed by atoms with Gasteiger partial charge >= 0.3 is 0 Å². The fraction of sp³-hybridized carbons (Fsp3) is 0.0625. The Morgan fingerprint density at radius 2 is 1.84 bits per heavy atom. The molecule has 94 valence electrons. The molecule has 19 heavy (non-hydrogen) atoms. The minimum absolute atomic E-state index is 0.752. The molecule has 0 amide bonds. The summed E-state index contributed by atoms with van der Waals surface area (Å²) in [6.07, 6.45) is 0. The van der Waals surface area contributed by atoms with Crippen molar-refractivity contribution in [2.45, 2.75) is 0 Å². The molecule has 0 spiro atoms. The van der Waals surface area contributed by atoms with E-state index < -0.39 is 0 Å². The highest BCUT2D eigenvalue weighted by atomic mass is 32.1. The van der Waals surface area contributed by atoms with Crippen LogP contribution in [0.2, 0.25) is 0 Å². The van der Waals surface area contributed by atoms with Crippen molar-refractivity contribution in [2.24, 2.45) is 0 Å². The molecule has 3 heteroatoms. The number of hydrogen-bond donors (Lipinski definition) is 0. The van der Waals surface area contributed by atoms with E-state index in [4.69, 9.17) is 21.4 Å². The fourth-order valence-corrected chi connectivity index (χ4v) is 2.30. The molecule has 0 aliphatic carbocycles. The maximum atomic E-state index is 5.91. The van der Waals surface area contributed by atoms with E-state index in [1.165, 1.54) is 0 Å². The van der Waals surface area contributed by atoms with Gasteiger partial charge in [0.15, 0.2) is 0 Å². The molecule has 0 radical (unpaired) electrons. The largest absolute Gasteiger partial charge is 0.497 e. The summed E-state index contributed by atoms with van der Waals surface area (Å²) in [5.74, 6) is 1.55. The summed E-state index contributed by atoms with van der Waals surface area (Å²) in [6.45, 7) is 0. The average molecular weight is 268 g/mol. The number of para-hydroxylation sites is 1. The molecule has 0 bridgehead atoms. The highest BCUT2D eigenvalue weighted by Crippen LogP contribution is 2.27. The third-order valence-electron chi connectivity index (χ3n) is 2.99. The van der Waals surface area contributed by atoms with Gasteiger partial charge in [-0.25, -0.2) is 0 Å². The lowest BCUT2D eigenvalue weighted by molar-refractivity contribution is 0.415. The predicted molar refractivity (Wildman–Crippen MR) is 79.0 cm³/mol. The molecule has 0 aliphatic heterocycles. The monoisotopic (exact) mass is 268 g/mol. The van der Waals surface area contributed by atoms with Gasteiger partial charge in [-0.05, 0) is 24.3 Å². The Balaban J connectivity index is 2.22. The molecular weight excluding hydrogens is 256 g/mol. The van der Waals surface area contributed by atoms with Gasteiger partial charge in [0.1, 0.15) is 17.1 Å². The summed E-state index contributed by atoms with van der Waals surface area (Å²) in [6, 6.07) is 17.4. The van der Waals surface area contributed by atoms with Crippen LogP contribution in [-0.2, 0) is 0 Å². The first kappa shape index (κ1) is 11.9. The molecule has 0 N–H and O–H groups in total. The van der Waals surface area contributed by atoms with Crippen LogP contribution in [0.4, 0.5) is 0 Å². The predicted octanol–water partition coefficient (Wildman–Crippen LogP) is 4.84. The van der Waals surface area contributed by atoms with E-state index >= 15 is 0 Å². The quantitative estimate of drug-likeness (QED) is 0.621. The number of rotatable bonds is 2. The second-order valence-electron chi connectivity index (χ2n) is 4.20. The minimum Gasteiger partial charge on any atom is -0.497 e. The molecule has 0 atom stereocenters. The Kier molecular flexibility index (Phi) is 3.05. The minimum atomic E-state index is 0.752. The van der Waals surface area contributed by atoms with Crippen molar-refractivity contribution in [3.8, 4) is 17.1 Å². The summed E-state index contributed by atoms with van der Waals surface area (Å²) >= 11 is 5.41. The van der Waals surface area contributed by atoms with Crippen LogP contribution >= 0.6 is 12.2 Å². The summed E-state index contributed by atoms with van der Waals surface area (Å²) in [4.78, 5) is 0. The standard InChI is InChI=1S/C16H12O2S/c1-17-12-6-4-5-11(9-12)15-10-16(19)13-7-2-3-8-14(13)18-15/h2-10H,1H3. The molecule has 2 aromatic carbocycles. The molecule has 3 aromatic rings. The van der Waals surface area contributed by atoms with Crippen LogP contribution in [0, 0.1) is 4.51 Å². The van der Waals surface area contributed by atoms with Gasteiger partial charge in [0.25, 0.3) is 0 Å². The van der Waals surface area contributed by atoms with Crippen molar-refractivity contribution in [3.63, 3.8) is 0 Å². The van der Waals surface area contributed by atoms with Crippen molar-refractivity contribution < 1.29 is 9.15 Å². The van der Waals surface area contributed by atoms with Crippen LogP contribution in [0.3, 0.4) is 0 Å². The van der Waals surface area contributed by atoms with Gasteiger partial charge in [0.05, 0.1) is 11.6 Å². The molecular formula is C16H12O2S. The lowest BCUT2D eigenvalue weighted by atomic mass is 10.1. The Morgan fingerprint density at radius 1 is 1.00 bits per heavy atom. The van der Waals surface area contributed by atoms with Crippen molar-refractivity contribution in [2.75, 3.05) is 7.11 Å². The smallest absolute Gasteiger partial charge is 0.136 e. The zero-order chi connectivity index (χ0) is 13.2. The summed E-state index contributed by atoms with van der Waals surface area (Å²) in [7, 11) is 1.65. The second-order valence-corrected chi connectivity index (χ2v) is 4.64. The Bertz CT molecular complexity index is 790. The number of fused-ring (bicyclic) bond motifs is 1. The van der Waals surface area contributed by atoms with Crippen LogP contribution in [-0.4, -0.2) is 7.11 Å². The van der Waals surface area contributed by atoms with Gasteiger partial charge in [0, 0.05) is 17.0 Å². The van der Waals surface area contributed by atoms with E-state index in [0.29, 0.717) is 0 Å². The van der Waals surface area contributed by atoms with Gasteiger partial charge in [-0.2, -0.15) is 0 Å². The SMILES string of the molecule is COc1cccc(-c2cc(=S)c3ccccc3o2)c1. The first-order valence-electron chi connectivity index (χ1n) is 5.95. The summed E-state index contributed by atoms with van der Waals surface area (Å²) in [5.41, 5.74) is 1.75. The Hall–Kier alpha value is -2.13. The van der Waals surface area contributed by atoms with Crippen LogP contribution in [0.5, 0.6) is 5.75 Å². The van der Waals surface area contributed by atoms with E-state index in [9.17, 15) is 0 Å². The van der Waals surface area contributed by atoms with E-state index in [1.54, 1.807) is 7.11 Å². The van der Waals surface area contributed by atoms with Crippen LogP contribution in [0.25, 0.3) is 22.3 Å². The highest BCUT2D eigenvalue weighted by Gasteiger charge is 2.05. The van der Waals surface area contributed by atoms with Crippen LogP contribution in [0.1, 0.15) is 0 Å². The normalized spacial score (nSPS) is 10.6. The zero-order valence-corrected chi connectivity index (χ0v) is 11.2. The Morgan fingerprint density at radius 3 is 2.68 bits per heavy atom. The third-order valence-corrected chi connectivity index (χ3v) is 3.33. The first-order chi connectivity index (χ1) is 9.28. The zero-order valence-electron chi connectivity index (χ0n) is 10.4. The molecule has 0 aliphatic rings. The van der Waals surface area contributed by atoms with Crippen LogP contribution < -0.4 is 4.74 Å². The van der Waals surface area contributed by atoms with E-state index in [1.807, 2.05) is 54.6 Å². The molecule has 3 rings (SSSR count). The average Bonchev–Trinajstić information content (AvgIpc) is 2.47. The second kappa shape index (κ2) is 4.86. The number of benzene rings is 2. The van der Waals surface area contributed by atoms with Crippen molar-refractivity contribution in [1.82, 2.24) is 0 Å². The molecule has 0 saturated heterocycles. The maximum absolute atomic E-state index is 5.91. The van der Waals surface area contributed by atoms with E-state index in [-0.39, 0.29) is 0 Å². The lowest BCUT2D eigenvalue weighted by Crippen LogP contribution is -1.84. The number of hydrogen-bond acceptors (Lipinski definition) is 3. The summed E-state index contributed by atoms with van der Waals surface area (Å²) < 4.78 is 11.9. The lowest BCUT2D eigenvalue weighted by Gasteiger charge is -2.05. The molecule has 0 saturated carbocycles. The molecule has 2 nitrogen and oxygen atoms in total. The van der Waals surface area contributed by atoms with Crippen LogP contribution in [0.15, 0.2) is 59.0 Å². The molecule has 0 unspecified atom stereocenters. The van der Waals surface area contributed by atoms with E-state index in [2.05, 4.69) is 0 Å². The van der Waals surface area contributed by atoms with Crippen molar-refractivity contribution in [1.29, 1.82) is 0 Å². The van der Waals surface area contributed by atoms with E-state index in [0.717, 1.165) is 32.6 Å². The summed E-state index contributed by atoms with van der Waals surface area (Å²) in [5, 5.41) is 0.962. The molecule has 0 fully saturated rings. The van der Waals surface area contributed by atoms with Crippen molar-refractivity contribution >= 4 is 23.2 Å². The Labute approximate surface area is 116 Å². The molecule has 1 heterocycles. The van der Waals surface area contributed by atoms with Gasteiger partial charge in [0.2, 0.25) is 0 Å². The van der Waals surface area contributed by atoms with Gasteiger partial charge in [-0.1, -0.05) is 36.5 Å². The van der Waals surface area contributed by atoms with Crippen molar-refractivity contribution in [3.05, 3.63) is 59.1 Å². The van der Waals surface area contributed by atoms with Gasteiger partial charge < -0.3 is 9.15 Å². The third kappa shape index (κ3) is 2.25. The van der Waals surface area contributed by atoms with Gasteiger partial charge in [-0.3, -0.25) is 0 Å². The van der Waals surface area contributed by atoms with Gasteiger partial charge in [-0.15, -0.1) is 0 Å². The number of ether oxygens (including phenoxy) is 1. The number of methoxy groups -OCH3 is 1. The topological polar surface area (TPSA) is 22.4 Å². The molecule has 1 aromatic heterocycles. The fourth-order valence-electron chi connectivity index (χ4n) is 2.02.